The number of aliphatic hydroxyl groups excluding tert-OH is 3. The minimum absolute atomic E-state index is 0.432. The van der Waals surface area contributed by atoms with E-state index in [1.54, 1.807) is 13.8 Å². The number of phosphoric acid groups is 1. The fraction of sp³-hybridized carbons (Fsp3) is 0.667. The fourth-order valence-electron chi connectivity index (χ4n) is 11.7. The maximum atomic E-state index is 14.1. The number of aromatic nitrogens is 8. The Morgan fingerprint density at radius 2 is 0.959 bits per heavy atom. The van der Waals surface area contributed by atoms with E-state index in [1.165, 1.54) is 13.8 Å². The van der Waals surface area contributed by atoms with Gasteiger partial charge in [-0.15, -0.1) is 0 Å². The van der Waals surface area contributed by atoms with Crippen molar-refractivity contribution in [2.75, 3.05) is 72.2 Å². The maximum Gasteiger partial charge on any atom is 0.510 e. The second kappa shape index (κ2) is 29.0. The highest BCUT2D eigenvalue weighted by Crippen LogP contribution is 2.63. The first-order valence-electron chi connectivity index (χ1n) is 28.7. The second-order valence-electron chi connectivity index (χ2n) is 24.4. The van der Waals surface area contributed by atoms with E-state index in [0.717, 1.165) is 76.6 Å². The number of hydrogen-bond acceptors (Lipinski definition) is 29. The predicted octanol–water partition coefficient (Wildman–Crippen LogP) is -3.87. The summed E-state index contributed by atoms with van der Waals surface area (Å²) in [5, 5.41) is 72.0. The first-order valence-corrected chi connectivity index (χ1v) is 33.7. The third kappa shape index (κ3) is 15.9. The Hall–Kier alpha value is -6.32. The minimum Gasteiger partial charge on any atom is -0.432 e. The number of fused-ring (bicyclic) bond motifs is 2. The van der Waals surface area contributed by atoms with Crippen LogP contribution in [0.4, 0.5) is 22.4 Å². The van der Waals surface area contributed by atoms with Gasteiger partial charge in [-0.3, -0.25) is 75.6 Å². The van der Waals surface area contributed by atoms with Gasteiger partial charge in [0.05, 0.1) is 44.9 Å². The Labute approximate surface area is 545 Å². The lowest BCUT2D eigenvalue weighted by Gasteiger charge is -2.40. The molecule has 14 N–H and O–H groups in total. The lowest BCUT2D eigenvalue weighted by atomic mass is 9.80. The second-order valence-corrected chi connectivity index (χ2v) is 29.7. The molecule has 18 atom stereocenters. The molecule has 0 bridgehead atoms. The van der Waals surface area contributed by atoms with Crippen LogP contribution in [-0.4, -0.2) is 230 Å². The summed E-state index contributed by atoms with van der Waals surface area (Å²) in [5.41, 5.74) is -21.9. The lowest BCUT2D eigenvalue weighted by Crippen LogP contribution is -2.53. The van der Waals surface area contributed by atoms with Crippen molar-refractivity contribution in [2.24, 2.45) is 11.8 Å². The van der Waals surface area contributed by atoms with E-state index in [-0.39, 0.29) is 0 Å². The lowest BCUT2D eigenvalue weighted by molar-refractivity contribution is -0.140. The molecule has 6 aliphatic heterocycles. The topological polar surface area (TPSA) is 582 Å². The van der Waals surface area contributed by atoms with E-state index in [2.05, 4.69) is 9.26 Å². The third-order valence-corrected chi connectivity index (χ3v) is 20.5. The average molecular weight is 1480 g/mol. The zero-order valence-electron chi connectivity index (χ0n) is 52.2. The molecule has 4 aromatic heterocycles. The molecular weight excluding hydrogens is 1410 g/mol. The molecule has 6 fully saturated rings. The number of aromatic amines is 4. The average Bonchev–Trinajstić information content (AvgIpc) is 1.61. The van der Waals surface area contributed by atoms with E-state index < -0.39 is 246 Å². The zero-order chi connectivity index (χ0) is 73.5. The highest BCUT2D eigenvalue weighted by atomic mass is 31.2. The normalized spacial score (nSPS) is 37.1. The molecule has 0 amide bonds. The number of carbonyl (C=O) groups is 1. The van der Waals surface area contributed by atoms with Crippen molar-refractivity contribution in [3.63, 3.8) is 0 Å². The SMILES string of the molecule is CC(C)OC(=O)OCOP1(=O)C[C@@H]2[C@@](CF)(CO1)O[C@@H](n1ccc(=O)[nH]c1=O)[C@]2(C)O.C[C@@]1(O)[C@@H]2CP(=O)(O)OC[C@@]2(CF)O[C@H]1n1ccc(=O)[nH]c1=O.C[C@@]1(O)[C@H](O)[C@@](CF)(COP(=O)(O)O)O[C@H]1n1ccc(=O)[nH]c1=O.C[C@@]1(O)[C@H](O)[C@](CO)(CF)O[C@H]1n1ccc(=O)[nH]c1=O. The van der Waals surface area contributed by atoms with Gasteiger partial charge in [-0.2, -0.15) is 0 Å². The minimum atomic E-state index is -5.01. The smallest absolute Gasteiger partial charge is 0.432 e. The van der Waals surface area contributed by atoms with Gasteiger partial charge >= 0.3 is 51.9 Å². The van der Waals surface area contributed by atoms with Gasteiger partial charge < -0.3 is 87.9 Å². The molecule has 0 aromatic carbocycles. The van der Waals surface area contributed by atoms with Crippen LogP contribution in [0.1, 0.15) is 66.5 Å². The molecule has 0 radical (unpaired) electrons. The van der Waals surface area contributed by atoms with Crippen LogP contribution in [0.5, 0.6) is 0 Å². The van der Waals surface area contributed by atoms with Gasteiger partial charge in [0.15, 0.2) is 36.1 Å². The zero-order valence-corrected chi connectivity index (χ0v) is 54.9. The van der Waals surface area contributed by atoms with E-state index in [0.29, 0.717) is 4.57 Å². The monoisotopic (exact) mass is 1480 g/mol. The van der Waals surface area contributed by atoms with Gasteiger partial charge in [-0.05, 0) is 41.5 Å². The molecule has 47 heteroatoms. The number of carbonyl (C=O) groups excluding carboxylic acids is 1. The number of nitrogens with one attached hydrogen (secondary N) is 4. The Balaban J connectivity index is 0.000000186. The molecule has 6 saturated heterocycles. The molecule has 6 aliphatic rings. The number of aliphatic hydroxyl groups is 7. The van der Waals surface area contributed by atoms with Crippen LogP contribution in [0.3, 0.4) is 0 Å². The molecule has 10 heterocycles. The molecule has 0 aliphatic carbocycles. The quantitative estimate of drug-likeness (QED) is 0.0221. The third-order valence-electron chi connectivity index (χ3n) is 16.8. The van der Waals surface area contributed by atoms with Gasteiger partial charge in [-0.1, -0.05) is 0 Å². The Morgan fingerprint density at radius 1 is 0.602 bits per heavy atom. The molecule has 0 spiro atoms. The predicted molar refractivity (Wildman–Crippen MR) is 315 cm³/mol. The van der Waals surface area contributed by atoms with E-state index in [4.69, 9.17) is 47.0 Å². The highest BCUT2D eigenvalue weighted by molar-refractivity contribution is 7.54. The van der Waals surface area contributed by atoms with Gasteiger partial charge in [0.25, 0.3) is 22.2 Å². The molecule has 98 heavy (non-hydrogen) atoms. The molecule has 4 aromatic rings. The molecule has 40 nitrogen and oxygen atoms in total. The molecule has 550 valence electrons. The highest BCUT2D eigenvalue weighted by Gasteiger charge is 2.69. The van der Waals surface area contributed by atoms with Crippen LogP contribution >= 0.6 is 23.0 Å². The number of phosphoric ester groups is 1. The van der Waals surface area contributed by atoms with Crippen molar-refractivity contribution < 1.29 is 133 Å². The van der Waals surface area contributed by atoms with E-state index >= 15 is 0 Å². The fourth-order valence-corrected chi connectivity index (χ4v) is 15.8. The number of ether oxygens (including phenoxy) is 6. The van der Waals surface area contributed by atoms with Crippen LogP contribution < -0.4 is 45.0 Å². The Morgan fingerprint density at radius 3 is 1.30 bits per heavy atom. The number of halogens is 4. The number of nitrogens with zero attached hydrogens (tertiary/aromatic N) is 4. The summed E-state index contributed by atoms with van der Waals surface area (Å²) in [6.07, 6.45) is -7.79. The Kier molecular flexibility index (Phi) is 23.4. The summed E-state index contributed by atoms with van der Waals surface area (Å²) in [4.78, 5) is 139. The summed E-state index contributed by atoms with van der Waals surface area (Å²) >= 11 is 0. The number of rotatable bonds is 16. The van der Waals surface area contributed by atoms with Crippen molar-refractivity contribution in [1.82, 2.24) is 38.2 Å². The van der Waals surface area contributed by atoms with Crippen LogP contribution in [0.25, 0.3) is 0 Å². The number of alkyl halides is 4. The van der Waals surface area contributed by atoms with Crippen molar-refractivity contribution in [2.45, 2.75) is 130 Å². The van der Waals surface area contributed by atoms with Gasteiger partial charge in [0.1, 0.15) is 72.5 Å². The number of hydrogen-bond donors (Lipinski definition) is 14. The summed E-state index contributed by atoms with van der Waals surface area (Å²) in [7, 11) is -12.9. The molecular formula is C51H71F4N8O32P3. The van der Waals surface area contributed by atoms with Crippen LogP contribution in [0.2, 0.25) is 0 Å². The first kappa shape index (κ1) is 79.0. The summed E-state index contributed by atoms with van der Waals surface area (Å²) in [6.45, 7) is -0.697. The van der Waals surface area contributed by atoms with Crippen molar-refractivity contribution in [3.8, 4) is 0 Å². The van der Waals surface area contributed by atoms with Gasteiger partial charge in [-0.25, -0.2) is 46.1 Å². The molecule has 0 saturated carbocycles. The Bertz CT molecular complexity index is 4210. The van der Waals surface area contributed by atoms with Gasteiger partial charge in [0, 0.05) is 60.9 Å². The first-order chi connectivity index (χ1) is 45.2. The van der Waals surface area contributed by atoms with Crippen molar-refractivity contribution in [3.05, 3.63) is 132 Å². The van der Waals surface area contributed by atoms with Crippen LogP contribution in [-0.2, 0) is 60.2 Å². The maximum absolute atomic E-state index is 14.1. The van der Waals surface area contributed by atoms with Crippen molar-refractivity contribution in [1.29, 1.82) is 0 Å². The van der Waals surface area contributed by atoms with Crippen molar-refractivity contribution >= 4 is 29.2 Å². The largest absolute Gasteiger partial charge is 0.510 e. The summed E-state index contributed by atoms with van der Waals surface area (Å²) in [6, 6.07) is 4.05. The van der Waals surface area contributed by atoms with E-state index in [9.17, 15) is 115 Å². The molecule has 10 rings (SSSR count). The molecule has 2 unspecified atom stereocenters. The summed E-state index contributed by atoms with van der Waals surface area (Å²) in [5.74, 6) is -2.18. The van der Waals surface area contributed by atoms with Gasteiger partial charge in [0.2, 0.25) is 6.79 Å². The number of H-pyrrole nitrogens is 4. The van der Waals surface area contributed by atoms with E-state index in [1.807, 2.05) is 19.9 Å². The van der Waals surface area contributed by atoms with Crippen LogP contribution in [0.15, 0.2) is 87.4 Å². The van der Waals surface area contributed by atoms with Crippen LogP contribution in [0, 0.1) is 11.8 Å². The summed E-state index contributed by atoms with van der Waals surface area (Å²) < 4.78 is 144. The standard InChI is InChI=1S/C17H24FN2O10P.C12H16FN2O7P.C11H16FN2O9P.C11H15FN2O6/c1-10(2)29-15(23)26-9-28-31(25)6-11-16(3,24)13(30-17(11,7-18)8-27-31)20-5-4-12(21)19-14(20)22;1-11(18)7-4-23(19,20)21-6-12(7,5-13)22-9(11)15-3-2-8(16)14-10(15)17;1-10(18)7(16)11(4-12,5-22-24(19,20)21)23-8(10)14-3-2-6(15)13-9(14)17;1-10(19)7(17)11(4-12,5-15)20-8(10)14-3-2-6(16)13-9(14)18/h4-5,10-11,13,24H,6-9H2,1-3H3,(H,19,21,22);2-3,7,9,18H,4-6H2,1H3,(H,19,20)(H,14,16,17);2-3,7-8,16,18H,4-5H2,1H3,(H,13,15,17)(H2,19,20,21);2-3,7-8,15,17,19H,4-5H2,1H3,(H,13,16,18)/t11-,13+,16+,17+,31?;7-,9+,11+,12+;2*7-,8+,10+,11+/m0000/s1.